The summed E-state index contributed by atoms with van der Waals surface area (Å²) in [6.07, 6.45) is 0.997. The van der Waals surface area contributed by atoms with Crippen LogP contribution in [0.2, 0.25) is 0 Å². The van der Waals surface area contributed by atoms with E-state index in [1.54, 1.807) is 31.2 Å². The number of benzene rings is 1. The van der Waals surface area contributed by atoms with Crippen LogP contribution in [0, 0.1) is 5.92 Å². The predicted octanol–water partition coefficient (Wildman–Crippen LogP) is 1.92. The molecule has 1 aliphatic rings. The number of hydrogen-bond donors (Lipinski definition) is 2. The summed E-state index contributed by atoms with van der Waals surface area (Å²) in [5.74, 6) is 0.316. The second-order valence-electron chi connectivity index (χ2n) is 7.23. The number of nitrogens with zero attached hydrogens (tertiary/aromatic N) is 1. The van der Waals surface area contributed by atoms with Crippen LogP contribution in [0.25, 0.3) is 0 Å². The third-order valence-corrected chi connectivity index (χ3v) is 5.89. The first-order chi connectivity index (χ1) is 12.8. The Kier molecular flexibility index (Phi) is 8.07. The molecule has 0 saturated carbocycles. The lowest BCUT2D eigenvalue weighted by atomic mass is 10.0. The number of anilines is 1. The maximum atomic E-state index is 12.6. The van der Waals surface area contributed by atoms with Gasteiger partial charge in [0.15, 0.2) is 0 Å². The topological polar surface area (TPSA) is 87.7 Å². The standard InChI is InChI=1S/C19H31N3O4S/c1-4-27(24,25)21-17-7-5-6-16(13-17)19(23)20-14-18(12-15(2)3)22-8-10-26-11-9-22/h5-7,13,15,18,21H,4,8-12,14H2,1-3H3,(H,20,23). The van der Waals surface area contributed by atoms with Crippen molar-refractivity contribution in [3.63, 3.8) is 0 Å². The smallest absolute Gasteiger partial charge is 0.251 e. The molecule has 1 fully saturated rings. The maximum absolute atomic E-state index is 12.6. The minimum atomic E-state index is -3.37. The summed E-state index contributed by atoms with van der Waals surface area (Å²) < 4.78 is 31.3. The zero-order valence-corrected chi connectivity index (χ0v) is 17.2. The number of rotatable bonds is 9. The molecule has 0 radical (unpaired) electrons. The molecule has 1 saturated heterocycles. The molecule has 2 N–H and O–H groups in total. The zero-order chi connectivity index (χ0) is 19.9. The fraction of sp³-hybridized carbons (Fsp3) is 0.632. The number of carbonyl (C=O) groups excluding carboxylic acids is 1. The minimum Gasteiger partial charge on any atom is -0.379 e. The highest BCUT2D eigenvalue weighted by Crippen LogP contribution is 2.15. The number of nitrogens with one attached hydrogen (secondary N) is 2. The van der Waals surface area contributed by atoms with Crippen LogP contribution in [-0.4, -0.2) is 63.9 Å². The number of morpholine rings is 1. The van der Waals surface area contributed by atoms with Crippen molar-refractivity contribution in [1.29, 1.82) is 0 Å². The summed E-state index contributed by atoms with van der Waals surface area (Å²) in [4.78, 5) is 14.9. The van der Waals surface area contributed by atoms with E-state index in [9.17, 15) is 13.2 Å². The summed E-state index contributed by atoms with van der Waals surface area (Å²) in [5, 5.41) is 3.01. The van der Waals surface area contributed by atoms with Gasteiger partial charge in [0, 0.05) is 36.9 Å². The Hall–Kier alpha value is -1.64. The van der Waals surface area contributed by atoms with E-state index in [1.807, 2.05) is 0 Å². The normalized spacial score (nSPS) is 16.9. The van der Waals surface area contributed by atoms with Gasteiger partial charge >= 0.3 is 0 Å². The van der Waals surface area contributed by atoms with Gasteiger partial charge in [0.25, 0.3) is 5.91 Å². The molecule has 1 aromatic carbocycles. The molecule has 1 aromatic rings. The van der Waals surface area contributed by atoms with Gasteiger partial charge in [-0.2, -0.15) is 0 Å². The van der Waals surface area contributed by atoms with Gasteiger partial charge in [-0.05, 0) is 37.5 Å². The van der Waals surface area contributed by atoms with Gasteiger partial charge in [0.1, 0.15) is 0 Å². The van der Waals surface area contributed by atoms with Gasteiger partial charge in [-0.1, -0.05) is 19.9 Å². The third kappa shape index (κ3) is 7.12. The third-order valence-electron chi connectivity index (χ3n) is 4.58. The average Bonchev–Trinajstić information content (AvgIpc) is 2.65. The summed E-state index contributed by atoms with van der Waals surface area (Å²) in [6.45, 7) is 9.69. The number of amides is 1. The van der Waals surface area contributed by atoms with Crippen LogP contribution >= 0.6 is 0 Å². The molecule has 1 amide bonds. The van der Waals surface area contributed by atoms with Gasteiger partial charge in [-0.3, -0.25) is 14.4 Å². The molecule has 27 heavy (non-hydrogen) atoms. The molecule has 1 unspecified atom stereocenters. The van der Waals surface area contributed by atoms with E-state index in [-0.39, 0.29) is 17.7 Å². The van der Waals surface area contributed by atoms with Crippen molar-refractivity contribution in [2.45, 2.75) is 33.2 Å². The summed E-state index contributed by atoms with van der Waals surface area (Å²) in [6, 6.07) is 6.83. The monoisotopic (exact) mass is 397 g/mol. The molecule has 7 nitrogen and oxygen atoms in total. The fourth-order valence-corrected chi connectivity index (χ4v) is 3.77. The second kappa shape index (κ2) is 10.1. The zero-order valence-electron chi connectivity index (χ0n) is 16.4. The molecule has 8 heteroatoms. The lowest BCUT2D eigenvalue weighted by molar-refractivity contribution is 0.0124. The average molecular weight is 398 g/mol. The molecular formula is C19H31N3O4S. The van der Waals surface area contributed by atoms with E-state index in [4.69, 9.17) is 4.74 Å². The Morgan fingerprint density at radius 1 is 1.26 bits per heavy atom. The SMILES string of the molecule is CCS(=O)(=O)Nc1cccc(C(=O)NCC(CC(C)C)N2CCOCC2)c1. The van der Waals surface area contributed by atoms with Crippen molar-refractivity contribution >= 4 is 21.6 Å². The van der Waals surface area contributed by atoms with Gasteiger partial charge in [0.05, 0.1) is 19.0 Å². The van der Waals surface area contributed by atoms with Crippen LogP contribution in [0.3, 0.4) is 0 Å². The maximum Gasteiger partial charge on any atom is 0.251 e. The molecule has 0 spiro atoms. The first-order valence-corrected chi connectivity index (χ1v) is 11.2. The molecule has 0 aromatic heterocycles. The first-order valence-electron chi connectivity index (χ1n) is 9.51. The molecular weight excluding hydrogens is 366 g/mol. The quantitative estimate of drug-likeness (QED) is 0.665. The van der Waals surface area contributed by atoms with Crippen molar-refractivity contribution in [3.8, 4) is 0 Å². The Balaban J connectivity index is 2.00. The van der Waals surface area contributed by atoms with E-state index in [1.165, 1.54) is 0 Å². The van der Waals surface area contributed by atoms with Crippen LogP contribution < -0.4 is 10.0 Å². The van der Waals surface area contributed by atoms with E-state index in [0.717, 1.165) is 32.7 Å². The van der Waals surface area contributed by atoms with Crippen LogP contribution in [0.4, 0.5) is 5.69 Å². The van der Waals surface area contributed by atoms with E-state index < -0.39 is 10.0 Å². The van der Waals surface area contributed by atoms with Crippen LogP contribution in [0.5, 0.6) is 0 Å². The van der Waals surface area contributed by atoms with Crippen LogP contribution in [0.15, 0.2) is 24.3 Å². The second-order valence-corrected chi connectivity index (χ2v) is 9.24. The van der Waals surface area contributed by atoms with Crippen molar-refractivity contribution < 1.29 is 17.9 Å². The van der Waals surface area contributed by atoms with Crippen molar-refractivity contribution in [2.75, 3.05) is 43.3 Å². The van der Waals surface area contributed by atoms with E-state index in [0.29, 0.717) is 23.7 Å². The van der Waals surface area contributed by atoms with Gasteiger partial charge in [0.2, 0.25) is 10.0 Å². The lowest BCUT2D eigenvalue weighted by Crippen LogP contribution is -2.49. The van der Waals surface area contributed by atoms with Crippen molar-refractivity contribution in [3.05, 3.63) is 29.8 Å². The number of sulfonamides is 1. The summed E-state index contributed by atoms with van der Waals surface area (Å²) in [5.41, 5.74) is 0.841. The molecule has 2 rings (SSSR count). The van der Waals surface area contributed by atoms with E-state index >= 15 is 0 Å². The highest BCUT2D eigenvalue weighted by atomic mass is 32.2. The lowest BCUT2D eigenvalue weighted by Gasteiger charge is -2.35. The number of hydrogen-bond acceptors (Lipinski definition) is 5. The number of ether oxygens (including phenoxy) is 1. The highest BCUT2D eigenvalue weighted by Gasteiger charge is 2.22. The van der Waals surface area contributed by atoms with Crippen LogP contribution in [-0.2, 0) is 14.8 Å². The first kappa shape index (κ1) is 21.7. The molecule has 0 bridgehead atoms. The van der Waals surface area contributed by atoms with Gasteiger partial charge in [-0.15, -0.1) is 0 Å². The molecule has 0 aliphatic carbocycles. The van der Waals surface area contributed by atoms with E-state index in [2.05, 4.69) is 28.8 Å². The Bertz CT molecular complexity index is 715. The van der Waals surface area contributed by atoms with Crippen LogP contribution in [0.1, 0.15) is 37.6 Å². The number of carbonyl (C=O) groups is 1. The fourth-order valence-electron chi connectivity index (χ4n) is 3.14. The molecule has 1 aliphatic heterocycles. The summed E-state index contributed by atoms with van der Waals surface area (Å²) >= 11 is 0. The molecule has 152 valence electrons. The molecule has 1 atom stereocenters. The Morgan fingerprint density at radius 3 is 2.59 bits per heavy atom. The Morgan fingerprint density at radius 2 is 1.96 bits per heavy atom. The minimum absolute atomic E-state index is 0.0140. The predicted molar refractivity (Wildman–Crippen MR) is 107 cm³/mol. The van der Waals surface area contributed by atoms with Crippen molar-refractivity contribution in [2.24, 2.45) is 5.92 Å². The highest BCUT2D eigenvalue weighted by molar-refractivity contribution is 7.92. The summed E-state index contributed by atoms with van der Waals surface area (Å²) in [7, 11) is -3.37. The van der Waals surface area contributed by atoms with Gasteiger partial charge < -0.3 is 10.1 Å². The van der Waals surface area contributed by atoms with Gasteiger partial charge in [-0.25, -0.2) is 8.42 Å². The van der Waals surface area contributed by atoms with Crippen molar-refractivity contribution in [1.82, 2.24) is 10.2 Å². The molecule has 1 heterocycles. The Labute approximate surface area is 162 Å². The largest absolute Gasteiger partial charge is 0.379 e.